The van der Waals surface area contributed by atoms with Crippen LogP contribution in [0.25, 0.3) is 0 Å². The lowest BCUT2D eigenvalue weighted by molar-refractivity contribution is -0.140. The fraction of sp³-hybridized carbons (Fsp3) is 0.933. The Morgan fingerprint density at radius 3 is 2.80 bits per heavy atom. The van der Waals surface area contributed by atoms with Gasteiger partial charge in [0.15, 0.2) is 0 Å². The summed E-state index contributed by atoms with van der Waals surface area (Å²) >= 11 is 0. The maximum atomic E-state index is 12.5. The van der Waals surface area contributed by atoms with Crippen molar-refractivity contribution in [1.29, 1.82) is 0 Å². The Morgan fingerprint density at radius 1 is 1.40 bits per heavy atom. The van der Waals surface area contributed by atoms with Crippen LogP contribution < -0.4 is 5.32 Å². The van der Waals surface area contributed by atoms with Crippen LogP contribution in [0, 0.1) is 0 Å². The van der Waals surface area contributed by atoms with Crippen LogP contribution >= 0.6 is 0 Å². The van der Waals surface area contributed by atoms with Gasteiger partial charge in [-0.25, -0.2) is 0 Å². The van der Waals surface area contributed by atoms with E-state index in [0.717, 1.165) is 52.0 Å². The van der Waals surface area contributed by atoms with E-state index in [0.29, 0.717) is 19.2 Å². The number of ether oxygens (including phenoxy) is 1. The summed E-state index contributed by atoms with van der Waals surface area (Å²) < 4.78 is 5.51. The van der Waals surface area contributed by atoms with Crippen molar-refractivity contribution < 1.29 is 9.53 Å². The number of amides is 1. The summed E-state index contributed by atoms with van der Waals surface area (Å²) in [6, 6.07) is 0.568. The highest BCUT2D eigenvalue weighted by atomic mass is 16.5. The molecule has 0 aromatic carbocycles. The molecule has 0 radical (unpaired) electrons. The molecule has 2 rings (SSSR count). The monoisotopic (exact) mass is 283 g/mol. The molecule has 1 unspecified atom stereocenters. The lowest BCUT2D eigenvalue weighted by atomic mass is 10.0. The zero-order valence-electron chi connectivity index (χ0n) is 12.9. The fourth-order valence-electron chi connectivity index (χ4n) is 3.17. The Balaban J connectivity index is 1.87. The zero-order chi connectivity index (χ0) is 14.4. The molecular formula is C15H29N3O2. The van der Waals surface area contributed by atoms with Gasteiger partial charge in [0.2, 0.25) is 5.91 Å². The number of carbonyl (C=O) groups is 1. The molecule has 1 amide bonds. The smallest absolute Gasteiger partial charge is 0.236 e. The minimum atomic E-state index is 0.172. The maximum Gasteiger partial charge on any atom is 0.236 e. The first-order chi connectivity index (χ1) is 9.70. The van der Waals surface area contributed by atoms with E-state index in [1.54, 1.807) is 0 Å². The first-order valence-electron chi connectivity index (χ1n) is 8.05. The van der Waals surface area contributed by atoms with Crippen LogP contribution in [0.5, 0.6) is 0 Å². The molecule has 0 bridgehead atoms. The number of piperidine rings is 1. The number of hydrogen-bond acceptors (Lipinski definition) is 4. The molecule has 0 spiro atoms. The van der Waals surface area contributed by atoms with Gasteiger partial charge in [-0.1, -0.05) is 6.92 Å². The van der Waals surface area contributed by atoms with Crippen LogP contribution in [-0.2, 0) is 9.53 Å². The largest absolute Gasteiger partial charge is 0.375 e. The van der Waals surface area contributed by atoms with Gasteiger partial charge >= 0.3 is 0 Å². The molecule has 0 aliphatic carbocycles. The molecule has 5 nitrogen and oxygen atoms in total. The normalized spacial score (nSPS) is 25.1. The molecule has 0 saturated carbocycles. The van der Waals surface area contributed by atoms with E-state index < -0.39 is 0 Å². The third kappa shape index (κ3) is 4.43. The van der Waals surface area contributed by atoms with E-state index in [2.05, 4.69) is 17.1 Å². The first-order valence-corrected chi connectivity index (χ1v) is 8.05. The molecule has 2 saturated heterocycles. The minimum Gasteiger partial charge on any atom is -0.375 e. The molecule has 116 valence electrons. The van der Waals surface area contributed by atoms with E-state index in [4.69, 9.17) is 4.74 Å². The van der Waals surface area contributed by atoms with Gasteiger partial charge < -0.3 is 15.0 Å². The second kappa shape index (κ2) is 7.96. The van der Waals surface area contributed by atoms with Gasteiger partial charge in [-0.3, -0.25) is 9.69 Å². The van der Waals surface area contributed by atoms with Gasteiger partial charge in [0.25, 0.3) is 0 Å². The van der Waals surface area contributed by atoms with E-state index in [-0.39, 0.29) is 12.0 Å². The molecule has 1 N–H and O–H groups in total. The van der Waals surface area contributed by atoms with Crippen LogP contribution in [0.4, 0.5) is 0 Å². The van der Waals surface area contributed by atoms with Gasteiger partial charge in [0.1, 0.15) is 0 Å². The van der Waals surface area contributed by atoms with Gasteiger partial charge in [-0.05, 0) is 45.8 Å². The average Bonchev–Trinajstić information content (AvgIpc) is 2.47. The Hall–Kier alpha value is -0.650. The summed E-state index contributed by atoms with van der Waals surface area (Å²) in [4.78, 5) is 16.8. The van der Waals surface area contributed by atoms with Crippen molar-refractivity contribution in [2.75, 3.05) is 45.9 Å². The number of carbonyl (C=O) groups excluding carboxylic acids is 1. The van der Waals surface area contributed by atoms with Crippen LogP contribution in [-0.4, -0.2) is 73.7 Å². The van der Waals surface area contributed by atoms with Crippen molar-refractivity contribution in [1.82, 2.24) is 15.1 Å². The average molecular weight is 283 g/mol. The molecular weight excluding hydrogens is 254 g/mol. The Bertz CT molecular complexity index is 305. The van der Waals surface area contributed by atoms with Gasteiger partial charge in [-0.15, -0.1) is 0 Å². The number of rotatable bonds is 5. The molecule has 5 heteroatoms. The summed E-state index contributed by atoms with van der Waals surface area (Å²) in [5, 5.41) is 3.40. The highest BCUT2D eigenvalue weighted by Gasteiger charge is 2.26. The minimum absolute atomic E-state index is 0.172. The second-order valence-corrected chi connectivity index (χ2v) is 5.97. The standard InChI is InChI=1S/C15H29N3O2/c1-3-8-17(14-4-6-16-7-5-14)12-15(19)18-9-10-20-13(2)11-18/h13-14,16H,3-12H2,1-2H3. The molecule has 2 fully saturated rings. The lowest BCUT2D eigenvalue weighted by Crippen LogP contribution is -2.51. The quantitative estimate of drug-likeness (QED) is 0.807. The topological polar surface area (TPSA) is 44.8 Å². The van der Waals surface area contributed by atoms with Crippen molar-refractivity contribution in [3.8, 4) is 0 Å². The van der Waals surface area contributed by atoms with E-state index in [1.165, 1.54) is 0 Å². The van der Waals surface area contributed by atoms with E-state index in [9.17, 15) is 4.79 Å². The predicted octanol–water partition coefficient (Wildman–Crippen LogP) is 0.698. The van der Waals surface area contributed by atoms with Crippen molar-refractivity contribution in [2.24, 2.45) is 0 Å². The molecule has 0 aromatic heterocycles. The number of nitrogens with zero attached hydrogens (tertiary/aromatic N) is 2. The van der Waals surface area contributed by atoms with Crippen molar-refractivity contribution in [3.05, 3.63) is 0 Å². The third-order valence-electron chi connectivity index (χ3n) is 4.27. The summed E-state index contributed by atoms with van der Waals surface area (Å²) in [5.41, 5.74) is 0. The highest BCUT2D eigenvalue weighted by Crippen LogP contribution is 2.13. The summed E-state index contributed by atoms with van der Waals surface area (Å²) in [5.74, 6) is 0.270. The number of hydrogen-bond donors (Lipinski definition) is 1. The third-order valence-corrected chi connectivity index (χ3v) is 4.27. The van der Waals surface area contributed by atoms with Crippen LogP contribution in [0.3, 0.4) is 0 Å². The Morgan fingerprint density at radius 2 is 2.15 bits per heavy atom. The highest BCUT2D eigenvalue weighted by molar-refractivity contribution is 5.78. The summed E-state index contributed by atoms with van der Waals surface area (Å²) in [7, 11) is 0. The predicted molar refractivity (Wildman–Crippen MR) is 79.7 cm³/mol. The first kappa shape index (κ1) is 15.7. The van der Waals surface area contributed by atoms with Crippen molar-refractivity contribution >= 4 is 5.91 Å². The van der Waals surface area contributed by atoms with Crippen LogP contribution in [0.2, 0.25) is 0 Å². The SMILES string of the molecule is CCCN(CC(=O)N1CCOC(C)C1)C1CCNCC1. The molecule has 2 aliphatic heterocycles. The van der Waals surface area contributed by atoms with Crippen molar-refractivity contribution in [3.63, 3.8) is 0 Å². The molecule has 2 aliphatic rings. The van der Waals surface area contributed by atoms with Gasteiger partial charge in [0.05, 0.1) is 19.3 Å². The summed E-state index contributed by atoms with van der Waals surface area (Å²) in [6.07, 6.45) is 3.60. The summed E-state index contributed by atoms with van der Waals surface area (Å²) in [6.45, 7) is 10.1. The Labute approximate surface area is 122 Å². The lowest BCUT2D eigenvalue weighted by Gasteiger charge is -2.37. The molecule has 1 atom stereocenters. The van der Waals surface area contributed by atoms with Crippen molar-refractivity contribution in [2.45, 2.75) is 45.3 Å². The molecule has 20 heavy (non-hydrogen) atoms. The van der Waals surface area contributed by atoms with E-state index in [1.807, 2.05) is 11.8 Å². The number of morpholine rings is 1. The second-order valence-electron chi connectivity index (χ2n) is 5.97. The zero-order valence-corrected chi connectivity index (χ0v) is 12.9. The van der Waals surface area contributed by atoms with Crippen LogP contribution in [0.15, 0.2) is 0 Å². The van der Waals surface area contributed by atoms with E-state index >= 15 is 0 Å². The molecule has 2 heterocycles. The van der Waals surface area contributed by atoms with Crippen LogP contribution in [0.1, 0.15) is 33.1 Å². The number of nitrogens with one attached hydrogen (secondary N) is 1. The van der Waals surface area contributed by atoms with Gasteiger partial charge in [0, 0.05) is 19.1 Å². The maximum absolute atomic E-state index is 12.5. The fourth-order valence-corrected chi connectivity index (χ4v) is 3.17. The Kier molecular flexibility index (Phi) is 6.26. The van der Waals surface area contributed by atoms with Gasteiger partial charge in [-0.2, -0.15) is 0 Å². The molecule has 0 aromatic rings.